The molecule has 1 unspecified atom stereocenters. The normalized spacial score (nSPS) is 12.0. The summed E-state index contributed by atoms with van der Waals surface area (Å²) in [5, 5.41) is 0. The van der Waals surface area contributed by atoms with Crippen molar-refractivity contribution in [3.05, 3.63) is 53.3 Å². The van der Waals surface area contributed by atoms with E-state index in [1.54, 1.807) is 20.4 Å². The molecule has 2 aromatic rings. The smallest absolute Gasteiger partial charge is 0.127 e. The molecule has 1 atom stereocenters. The molecule has 0 bridgehead atoms. The van der Waals surface area contributed by atoms with Gasteiger partial charge in [-0.2, -0.15) is 0 Å². The minimum absolute atomic E-state index is 0.246. The van der Waals surface area contributed by atoms with Crippen molar-refractivity contribution in [3.63, 3.8) is 0 Å². The van der Waals surface area contributed by atoms with Crippen LogP contribution < -0.4 is 15.2 Å². The van der Waals surface area contributed by atoms with Crippen molar-refractivity contribution in [1.82, 2.24) is 4.98 Å². The number of nitrogens with zero attached hydrogens (tertiary/aromatic N) is 1. The van der Waals surface area contributed by atoms with Gasteiger partial charge in [0.1, 0.15) is 11.5 Å². The molecule has 1 aromatic heterocycles. The summed E-state index contributed by atoms with van der Waals surface area (Å²) in [6, 6.07) is 7.34. The number of aryl methyl sites for hydroxylation is 1. The lowest BCUT2D eigenvalue weighted by atomic mass is 9.96. The molecule has 4 heteroatoms. The minimum Gasteiger partial charge on any atom is -0.497 e. The molecule has 2 rings (SSSR count). The highest BCUT2D eigenvalue weighted by Gasteiger charge is 2.16. The maximum Gasteiger partial charge on any atom is 0.127 e. The maximum absolute atomic E-state index is 6.34. The molecule has 0 saturated carbocycles. The van der Waals surface area contributed by atoms with E-state index in [1.165, 1.54) is 0 Å². The molecule has 0 spiro atoms. The zero-order valence-electron chi connectivity index (χ0n) is 11.4. The lowest BCUT2D eigenvalue weighted by molar-refractivity contribution is 0.390. The van der Waals surface area contributed by atoms with Crippen molar-refractivity contribution in [2.75, 3.05) is 14.2 Å². The van der Waals surface area contributed by atoms with E-state index in [4.69, 9.17) is 15.2 Å². The number of benzene rings is 1. The van der Waals surface area contributed by atoms with Crippen LogP contribution in [-0.2, 0) is 0 Å². The van der Waals surface area contributed by atoms with Gasteiger partial charge in [0.25, 0.3) is 0 Å². The second-order valence-electron chi connectivity index (χ2n) is 4.32. The summed E-state index contributed by atoms with van der Waals surface area (Å²) in [6.07, 6.45) is 3.56. The summed E-state index contributed by atoms with van der Waals surface area (Å²) in [7, 11) is 3.26. The van der Waals surface area contributed by atoms with Gasteiger partial charge < -0.3 is 15.2 Å². The van der Waals surface area contributed by atoms with Crippen LogP contribution in [0.2, 0.25) is 0 Å². The number of pyridine rings is 1. The first-order chi connectivity index (χ1) is 9.17. The van der Waals surface area contributed by atoms with Gasteiger partial charge >= 0.3 is 0 Å². The molecular weight excluding hydrogens is 240 g/mol. The van der Waals surface area contributed by atoms with Crippen LogP contribution in [0.1, 0.15) is 22.7 Å². The van der Waals surface area contributed by atoms with Crippen molar-refractivity contribution >= 4 is 0 Å². The van der Waals surface area contributed by atoms with Gasteiger partial charge in [-0.15, -0.1) is 0 Å². The Bertz CT molecular complexity index is 570. The van der Waals surface area contributed by atoms with Gasteiger partial charge in [0.05, 0.1) is 20.3 Å². The highest BCUT2D eigenvalue weighted by molar-refractivity contribution is 5.46. The predicted molar refractivity (Wildman–Crippen MR) is 74.6 cm³/mol. The van der Waals surface area contributed by atoms with E-state index in [-0.39, 0.29) is 6.04 Å². The SMILES string of the molecule is COc1ccc(C(N)c2ccncc2C)c(OC)c1. The van der Waals surface area contributed by atoms with Crippen LogP contribution in [0.5, 0.6) is 11.5 Å². The molecule has 0 fully saturated rings. The Morgan fingerprint density at radius 2 is 1.89 bits per heavy atom. The standard InChI is InChI=1S/C15H18N2O2/c1-10-9-17-7-6-12(10)15(16)13-5-4-11(18-2)8-14(13)19-3/h4-9,15H,16H2,1-3H3. The molecule has 1 heterocycles. The van der Waals surface area contributed by atoms with Gasteiger partial charge in [0.2, 0.25) is 0 Å². The van der Waals surface area contributed by atoms with Gasteiger partial charge in [0.15, 0.2) is 0 Å². The largest absolute Gasteiger partial charge is 0.497 e. The lowest BCUT2D eigenvalue weighted by Crippen LogP contribution is -2.14. The van der Waals surface area contributed by atoms with Gasteiger partial charge in [-0.05, 0) is 36.2 Å². The maximum atomic E-state index is 6.34. The minimum atomic E-state index is -0.246. The molecule has 19 heavy (non-hydrogen) atoms. The van der Waals surface area contributed by atoms with Gasteiger partial charge in [-0.25, -0.2) is 0 Å². The van der Waals surface area contributed by atoms with E-state index in [1.807, 2.05) is 37.4 Å². The third kappa shape index (κ3) is 2.69. The summed E-state index contributed by atoms with van der Waals surface area (Å²) < 4.78 is 10.6. The van der Waals surface area contributed by atoms with E-state index in [9.17, 15) is 0 Å². The number of nitrogens with two attached hydrogens (primary N) is 1. The van der Waals surface area contributed by atoms with Gasteiger partial charge in [-0.3, -0.25) is 4.98 Å². The molecule has 2 N–H and O–H groups in total. The second-order valence-corrected chi connectivity index (χ2v) is 4.32. The molecule has 0 aliphatic heterocycles. The molecule has 0 saturated heterocycles. The first kappa shape index (κ1) is 13.4. The molecule has 0 aliphatic carbocycles. The third-order valence-corrected chi connectivity index (χ3v) is 3.17. The number of hydrogen-bond donors (Lipinski definition) is 1. The molecule has 0 amide bonds. The quantitative estimate of drug-likeness (QED) is 0.915. The Kier molecular flexibility index (Phi) is 4.02. The van der Waals surface area contributed by atoms with Crippen molar-refractivity contribution in [2.45, 2.75) is 13.0 Å². The molecule has 4 nitrogen and oxygen atoms in total. The van der Waals surface area contributed by atoms with Crippen molar-refractivity contribution in [3.8, 4) is 11.5 Å². The number of aromatic nitrogens is 1. The molecular formula is C15H18N2O2. The van der Waals surface area contributed by atoms with Crippen LogP contribution in [0.3, 0.4) is 0 Å². The van der Waals surface area contributed by atoms with Crippen LogP contribution in [0.25, 0.3) is 0 Å². The highest BCUT2D eigenvalue weighted by Crippen LogP contribution is 2.32. The summed E-state index contributed by atoms with van der Waals surface area (Å²) in [6.45, 7) is 2.00. The average Bonchev–Trinajstić information content (AvgIpc) is 2.46. The summed E-state index contributed by atoms with van der Waals surface area (Å²) in [4.78, 5) is 4.08. The number of hydrogen-bond acceptors (Lipinski definition) is 4. The Balaban J connectivity index is 2.44. The monoisotopic (exact) mass is 258 g/mol. The van der Waals surface area contributed by atoms with E-state index >= 15 is 0 Å². The summed E-state index contributed by atoms with van der Waals surface area (Å²) >= 11 is 0. The van der Waals surface area contributed by atoms with E-state index in [0.717, 1.165) is 28.2 Å². The Morgan fingerprint density at radius 3 is 2.53 bits per heavy atom. The fourth-order valence-electron chi connectivity index (χ4n) is 2.08. The van der Waals surface area contributed by atoms with E-state index in [2.05, 4.69) is 4.98 Å². The zero-order valence-corrected chi connectivity index (χ0v) is 11.4. The second kappa shape index (κ2) is 5.71. The number of rotatable bonds is 4. The predicted octanol–water partition coefficient (Wildman–Crippen LogP) is 2.46. The fourth-order valence-corrected chi connectivity index (χ4v) is 2.08. The number of ether oxygens (including phenoxy) is 2. The molecule has 100 valence electrons. The Morgan fingerprint density at radius 1 is 1.11 bits per heavy atom. The third-order valence-electron chi connectivity index (χ3n) is 3.17. The first-order valence-corrected chi connectivity index (χ1v) is 6.05. The van der Waals surface area contributed by atoms with Crippen LogP contribution in [-0.4, -0.2) is 19.2 Å². The van der Waals surface area contributed by atoms with Gasteiger partial charge in [0, 0.05) is 24.0 Å². The Labute approximate surface area is 113 Å². The zero-order chi connectivity index (χ0) is 13.8. The van der Waals surface area contributed by atoms with Crippen LogP contribution in [0.15, 0.2) is 36.7 Å². The average molecular weight is 258 g/mol. The van der Waals surface area contributed by atoms with Crippen LogP contribution >= 0.6 is 0 Å². The molecule has 0 aliphatic rings. The summed E-state index contributed by atoms with van der Waals surface area (Å²) in [5.41, 5.74) is 9.37. The first-order valence-electron chi connectivity index (χ1n) is 6.05. The number of methoxy groups -OCH3 is 2. The lowest BCUT2D eigenvalue weighted by Gasteiger charge is -2.18. The van der Waals surface area contributed by atoms with Crippen molar-refractivity contribution in [2.24, 2.45) is 5.73 Å². The molecule has 1 aromatic carbocycles. The van der Waals surface area contributed by atoms with Crippen LogP contribution in [0, 0.1) is 6.92 Å². The molecule has 0 radical (unpaired) electrons. The highest BCUT2D eigenvalue weighted by atomic mass is 16.5. The Hall–Kier alpha value is -2.07. The van der Waals surface area contributed by atoms with E-state index in [0.29, 0.717) is 0 Å². The van der Waals surface area contributed by atoms with E-state index < -0.39 is 0 Å². The van der Waals surface area contributed by atoms with Crippen LogP contribution in [0.4, 0.5) is 0 Å². The van der Waals surface area contributed by atoms with Gasteiger partial charge in [-0.1, -0.05) is 0 Å². The van der Waals surface area contributed by atoms with Crippen molar-refractivity contribution in [1.29, 1.82) is 0 Å². The topological polar surface area (TPSA) is 57.4 Å². The fraction of sp³-hybridized carbons (Fsp3) is 0.267. The van der Waals surface area contributed by atoms with Crippen molar-refractivity contribution < 1.29 is 9.47 Å². The summed E-state index contributed by atoms with van der Waals surface area (Å²) in [5.74, 6) is 1.47.